The minimum Gasteiger partial charge on any atom is -0.508 e. The van der Waals surface area contributed by atoms with E-state index in [1.165, 1.54) is 73.7 Å². The lowest BCUT2D eigenvalue weighted by molar-refractivity contribution is -0.122. The van der Waals surface area contributed by atoms with Crippen molar-refractivity contribution in [3.8, 4) is 22.6 Å². The number of ether oxygens (including phenoxy) is 1. The van der Waals surface area contributed by atoms with Crippen molar-refractivity contribution in [2.45, 2.75) is 55.9 Å². The van der Waals surface area contributed by atoms with E-state index in [4.69, 9.17) is 31.3 Å². The van der Waals surface area contributed by atoms with Gasteiger partial charge in [0.1, 0.15) is 11.5 Å². The monoisotopic (exact) mass is 577 g/mol. The topological polar surface area (TPSA) is 70.0 Å². The molecule has 0 amide bonds. The van der Waals surface area contributed by atoms with E-state index < -0.39 is 0 Å². The summed E-state index contributed by atoms with van der Waals surface area (Å²) >= 11 is 7.70. The standard InChI is InChI=1S/C20H25NOS.C12H9ClO.CH2O2/c1-4-12-21(13-5-1)23-20-11-9-16-14-19(10-8-17(16)15-20)22-18-6-2-3-7-18;13-11-5-1-9(2-6-11)10-3-7-12(14)8-4-10;2-1-3/h8-11,14-15,18H,1-7,12-13H2;1-8,14H;1H,(H,2,3). The molecular weight excluding hydrogens is 542 g/mol. The smallest absolute Gasteiger partial charge is 0.290 e. The normalized spacial score (nSPS) is 15.4. The number of phenolic OH excluding ortho intramolecular Hbond substituents is 1. The highest BCUT2D eigenvalue weighted by atomic mass is 35.5. The fourth-order valence-corrected chi connectivity index (χ4v) is 6.11. The van der Waals surface area contributed by atoms with Crippen LogP contribution in [0.15, 0.2) is 89.8 Å². The maximum atomic E-state index is 9.13. The molecule has 2 N–H and O–H groups in total. The van der Waals surface area contributed by atoms with Crippen LogP contribution in [0.5, 0.6) is 11.5 Å². The summed E-state index contributed by atoms with van der Waals surface area (Å²) in [6.07, 6.45) is 9.54. The zero-order chi connectivity index (χ0) is 28.2. The summed E-state index contributed by atoms with van der Waals surface area (Å²) in [5, 5.41) is 19.3. The number of nitrogens with zero attached hydrogens (tertiary/aromatic N) is 1. The maximum Gasteiger partial charge on any atom is 0.290 e. The van der Waals surface area contributed by atoms with E-state index in [9.17, 15) is 0 Å². The van der Waals surface area contributed by atoms with E-state index in [-0.39, 0.29) is 12.2 Å². The van der Waals surface area contributed by atoms with Crippen molar-refractivity contribution >= 4 is 40.8 Å². The van der Waals surface area contributed by atoms with Crippen molar-refractivity contribution in [2.75, 3.05) is 13.1 Å². The van der Waals surface area contributed by atoms with Crippen LogP contribution >= 0.6 is 23.5 Å². The molecule has 2 fully saturated rings. The third-order valence-electron chi connectivity index (χ3n) is 6.98. The first-order valence-corrected chi connectivity index (χ1v) is 15.0. The molecule has 0 radical (unpaired) electrons. The predicted molar refractivity (Wildman–Crippen MR) is 165 cm³/mol. The van der Waals surface area contributed by atoms with Gasteiger partial charge in [0.15, 0.2) is 0 Å². The second-order valence-corrected chi connectivity index (χ2v) is 11.5. The van der Waals surface area contributed by atoms with Crippen molar-refractivity contribution < 1.29 is 19.7 Å². The summed E-state index contributed by atoms with van der Waals surface area (Å²) < 4.78 is 8.62. The van der Waals surface area contributed by atoms with Crippen LogP contribution in [0.25, 0.3) is 21.9 Å². The molecule has 210 valence electrons. The van der Waals surface area contributed by atoms with Crippen molar-refractivity contribution in [2.24, 2.45) is 0 Å². The number of phenols is 1. The zero-order valence-electron chi connectivity index (χ0n) is 22.5. The van der Waals surface area contributed by atoms with Gasteiger partial charge in [0.25, 0.3) is 6.47 Å². The van der Waals surface area contributed by atoms with Gasteiger partial charge in [0.05, 0.1) is 6.10 Å². The summed E-state index contributed by atoms with van der Waals surface area (Å²) in [5.41, 5.74) is 2.16. The van der Waals surface area contributed by atoms with Crippen molar-refractivity contribution in [3.63, 3.8) is 0 Å². The molecule has 1 saturated carbocycles. The molecule has 0 bridgehead atoms. The largest absolute Gasteiger partial charge is 0.508 e. The quantitative estimate of drug-likeness (QED) is 0.182. The lowest BCUT2D eigenvalue weighted by Gasteiger charge is -2.25. The Bertz CT molecular complexity index is 1290. The maximum absolute atomic E-state index is 9.13. The third kappa shape index (κ3) is 9.19. The second-order valence-electron chi connectivity index (χ2n) is 9.94. The van der Waals surface area contributed by atoms with Crippen LogP contribution < -0.4 is 4.74 Å². The number of piperidine rings is 1. The molecule has 1 saturated heterocycles. The first-order chi connectivity index (χ1) is 19.5. The van der Waals surface area contributed by atoms with Crippen LogP contribution in [0, 0.1) is 0 Å². The van der Waals surface area contributed by atoms with Gasteiger partial charge in [0.2, 0.25) is 0 Å². The average Bonchev–Trinajstić information content (AvgIpc) is 3.49. The van der Waals surface area contributed by atoms with Crippen LogP contribution in [0.3, 0.4) is 0 Å². The number of carboxylic acid groups (broad SMARTS) is 1. The molecule has 7 heteroatoms. The molecule has 1 aliphatic carbocycles. The number of hydrogen-bond acceptors (Lipinski definition) is 5. The highest BCUT2D eigenvalue weighted by Crippen LogP contribution is 2.31. The van der Waals surface area contributed by atoms with E-state index >= 15 is 0 Å². The van der Waals surface area contributed by atoms with E-state index in [1.54, 1.807) is 12.1 Å². The fraction of sp³-hybridized carbons (Fsp3) is 0.303. The number of carbonyl (C=O) groups is 1. The van der Waals surface area contributed by atoms with Gasteiger partial charge in [-0.25, -0.2) is 4.31 Å². The summed E-state index contributed by atoms with van der Waals surface area (Å²) in [7, 11) is 0. The van der Waals surface area contributed by atoms with Gasteiger partial charge in [-0.05, 0) is 121 Å². The van der Waals surface area contributed by atoms with Crippen LogP contribution in [-0.4, -0.2) is 40.2 Å². The molecule has 40 heavy (non-hydrogen) atoms. The number of rotatable bonds is 5. The molecule has 2 aliphatic rings. The Balaban J connectivity index is 0.000000186. The van der Waals surface area contributed by atoms with Gasteiger partial charge in [-0.1, -0.05) is 54.4 Å². The molecule has 6 rings (SSSR count). The molecule has 4 aromatic carbocycles. The van der Waals surface area contributed by atoms with Crippen molar-refractivity contribution in [1.29, 1.82) is 0 Å². The summed E-state index contributed by atoms with van der Waals surface area (Å²) in [6.45, 7) is 2.19. The first kappa shape index (κ1) is 29.8. The Morgan fingerprint density at radius 3 is 2.00 bits per heavy atom. The molecule has 0 aromatic heterocycles. The number of hydrogen-bond donors (Lipinski definition) is 2. The van der Waals surface area contributed by atoms with Crippen LogP contribution in [0.1, 0.15) is 44.9 Å². The van der Waals surface area contributed by atoms with Crippen LogP contribution in [0.2, 0.25) is 5.02 Å². The Morgan fingerprint density at radius 2 is 1.35 bits per heavy atom. The van der Waals surface area contributed by atoms with E-state index in [0.717, 1.165) is 21.9 Å². The minimum absolute atomic E-state index is 0.250. The molecule has 0 atom stereocenters. The summed E-state index contributed by atoms with van der Waals surface area (Å²) in [6, 6.07) is 28.0. The lowest BCUT2D eigenvalue weighted by Crippen LogP contribution is -2.22. The van der Waals surface area contributed by atoms with Crippen molar-refractivity contribution in [3.05, 3.63) is 90.0 Å². The first-order valence-electron chi connectivity index (χ1n) is 13.8. The zero-order valence-corrected chi connectivity index (χ0v) is 24.1. The molecule has 1 heterocycles. The molecule has 0 spiro atoms. The minimum atomic E-state index is -0.250. The van der Waals surface area contributed by atoms with E-state index in [0.29, 0.717) is 6.10 Å². The number of halogens is 1. The average molecular weight is 578 g/mol. The number of benzene rings is 4. The van der Waals surface area contributed by atoms with Gasteiger partial charge in [-0.3, -0.25) is 4.79 Å². The molecule has 4 aromatic rings. The van der Waals surface area contributed by atoms with Gasteiger partial charge in [-0.15, -0.1) is 0 Å². The summed E-state index contributed by atoms with van der Waals surface area (Å²) in [4.78, 5) is 9.71. The third-order valence-corrected chi connectivity index (χ3v) is 8.32. The highest BCUT2D eigenvalue weighted by Gasteiger charge is 2.16. The fourth-order valence-electron chi connectivity index (χ4n) is 4.93. The number of fused-ring (bicyclic) bond motifs is 1. The van der Waals surface area contributed by atoms with Crippen LogP contribution in [0.4, 0.5) is 0 Å². The van der Waals surface area contributed by atoms with E-state index in [2.05, 4.69) is 40.7 Å². The Labute approximate surface area is 245 Å². The predicted octanol–water partition coefficient (Wildman–Crippen LogP) is 9.07. The van der Waals surface area contributed by atoms with Gasteiger partial charge in [-0.2, -0.15) is 0 Å². The Hall–Kier alpha value is -3.19. The SMILES string of the molecule is O=CO.Oc1ccc(-c2ccc(Cl)cc2)cc1.c1cc2cc(SN3CCCCC3)ccc2cc1OC1CCCC1. The molecule has 5 nitrogen and oxygen atoms in total. The number of aromatic hydroxyl groups is 1. The molecule has 1 aliphatic heterocycles. The summed E-state index contributed by atoms with van der Waals surface area (Å²) in [5.74, 6) is 1.31. The van der Waals surface area contributed by atoms with Gasteiger partial charge in [0, 0.05) is 23.0 Å². The molecular formula is C33H36ClNO4S. The second kappa shape index (κ2) is 15.6. The molecule has 0 unspecified atom stereocenters. The lowest BCUT2D eigenvalue weighted by atomic mass is 10.1. The Kier molecular flexibility index (Phi) is 11.6. The van der Waals surface area contributed by atoms with Crippen LogP contribution in [-0.2, 0) is 4.79 Å². The Morgan fingerprint density at radius 1 is 0.775 bits per heavy atom. The highest BCUT2D eigenvalue weighted by molar-refractivity contribution is 7.97. The van der Waals surface area contributed by atoms with E-state index in [1.807, 2.05) is 48.3 Å². The van der Waals surface area contributed by atoms with Gasteiger partial charge < -0.3 is 14.9 Å². The van der Waals surface area contributed by atoms with Gasteiger partial charge >= 0.3 is 0 Å². The van der Waals surface area contributed by atoms with Crippen molar-refractivity contribution in [1.82, 2.24) is 4.31 Å².